The van der Waals surface area contributed by atoms with Gasteiger partial charge >= 0.3 is 6.09 Å². The minimum atomic E-state index is -0.554. The van der Waals surface area contributed by atoms with E-state index >= 15 is 0 Å². The summed E-state index contributed by atoms with van der Waals surface area (Å²) in [6, 6.07) is 12.0. The number of aromatic nitrogens is 2. The van der Waals surface area contributed by atoms with E-state index in [0.29, 0.717) is 48.3 Å². The molecule has 1 saturated heterocycles. The summed E-state index contributed by atoms with van der Waals surface area (Å²) in [7, 11) is 0. The maximum absolute atomic E-state index is 13.2. The molecule has 0 radical (unpaired) electrons. The topological polar surface area (TPSA) is 108 Å². The zero-order valence-corrected chi connectivity index (χ0v) is 22.7. The zero-order valence-electron chi connectivity index (χ0n) is 22.0. The molecule has 4 heterocycles. The van der Waals surface area contributed by atoms with Gasteiger partial charge in [0.1, 0.15) is 17.1 Å². The third kappa shape index (κ3) is 5.65. The van der Waals surface area contributed by atoms with Crippen LogP contribution in [-0.4, -0.2) is 64.6 Å². The van der Waals surface area contributed by atoms with Crippen molar-refractivity contribution in [1.82, 2.24) is 14.9 Å². The van der Waals surface area contributed by atoms with Gasteiger partial charge in [-0.2, -0.15) is 0 Å². The fourth-order valence-electron chi connectivity index (χ4n) is 4.58. The third-order valence-corrected chi connectivity index (χ3v) is 6.83. The molecule has 0 unspecified atom stereocenters. The molecule has 11 heteroatoms. The number of halogens is 1. The van der Waals surface area contributed by atoms with Crippen molar-refractivity contribution in [2.24, 2.45) is 0 Å². The molecule has 2 aliphatic rings. The Morgan fingerprint density at radius 2 is 1.77 bits per heavy atom. The second-order valence-corrected chi connectivity index (χ2v) is 10.7. The van der Waals surface area contributed by atoms with Gasteiger partial charge in [0, 0.05) is 48.5 Å². The molecule has 0 aliphatic carbocycles. The quantitative estimate of drug-likeness (QED) is 0.507. The first-order chi connectivity index (χ1) is 18.6. The summed E-state index contributed by atoms with van der Waals surface area (Å²) in [6.07, 6.45) is 2.91. The first-order valence-corrected chi connectivity index (χ1v) is 13.0. The molecule has 3 amide bonds. The standard InChI is InChI=1S/C28H29ClN6O4/c1-28(2,3)39-27(38)34-14-12-33(13-15-34)23-10-11-30-16-22(23)32-25(36)21-8-5-9-24(31-21)35-17-19-18(26(35)37)6-4-7-20(19)29/h4-11,16H,12-15,17H2,1-3H3,(H,32,36). The number of pyridine rings is 2. The lowest BCUT2D eigenvalue weighted by Gasteiger charge is -2.37. The number of fused-ring (bicyclic) bond motifs is 1. The van der Waals surface area contributed by atoms with Crippen molar-refractivity contribution in [1.29, 1.82) is 0 Å². The molecule has 10 nitrogen and oxygen atoms in total. The van der Waals surface area contributed by atoms with Crippen LogP contribution in [0.15, 0.2) is 54.9 Å². The van der Waals surface area contributed by atoms with E-state index in [9.17, 15) is 14.4 Å². The predicted octanol–water partition coefficient (Wildman–Crippen LogP) is 4.60. The maximum atomic E-state index is 13.2. The summed E-state index contributed by atoms with van der Waals surface area (Å²) < 4.78 is 5.48. The van der Waals surface area contributed by atoms with Gasteiger partial charge in [0.05, 0.1) is 24.1 Å². The molecule has 0 saturated carbocycles. The van der Waals surface area contributed by atoms with Crippen LogP contribution in [0.5, 0.6) is 0 Å². The number of rotatable bonds is 4. The summed E-state index contributed by atoms with van der Waals surface area (Å²) in [5.41, 5.74) is 2.20. The Labute approximate surface area is 231 Å². The molecule has 202 valence electrons. The number of anilines is 3. The van der Waals surface area contributed by atoms with Crippen molar-refractivity contribution in [2.45, 2.75) is 32.9 Å². The molecule has 5 rings (SSSR count). The highest BCUT2D eigenvalue weighted by Crippen LogP contribution is 2.32. The Hall–Kier alpha value is -4.18. The molecule has 0 spiro atoms. The lowest BCUT2D eigenvalue weighted by atomic mass is 10.1. The number of carbonyl (C=O) groups is 3. The van der Waals surface area contributed by atoms with Crippen LogP contribution < -0.4 is 15.1 Å². The van der Waals surface area contributed by atoms with E-state index in [1.807, 2.05) is 26.8 Å². The van der Waals surface area contributed by atoms with Gasteiger partial charge in [0.25, 0.3) is 11.8 Å². The van der Waals surface area contributed by atoms with Gasteiger partial charge in [-0.25, -0.2) is 9.78 Å². The number of amides is 3. The monoisotopic (exact) mass is 548 g/mol. The SMILES string of the molecule is CC(C)(C)OC(=O)N1CCN(c2ccncc2NC(=O)c2cccc(N3Cc4c(Cl)cccc4C3=O)n2)CC1. The van der Waals surface area contributed by atoms with Crippen molar-refractivity contribution in [3.05, 3.63) is 76.7 Å². The van der Waals surface area contributed by atoms with Crippen LogP contribution >= 0.6 is 11.6 Å². The first kappa shape index (κ1) is 26.4. The number of benzene rings is 1. The Balaban J connectivity index is 1.28. The van der Waals surface area contributed by atoms with Crippen molar-refractivity contribution in [3.63, 3.8) is 0 Å². The zero-order chi connectivity index (χ0) is 27.7. The van der Waals surface area contributed by atoms with Gasteiger partial charge < -0.3 is 19.9 Å². The van der Waals surface area contributed by atoms with Crippen molar-refractivity contribution in [2.75, 3.05) is 41.3 Å². The number of hydrogen-bond donors (Lipinski definition) is 1. The average Bonchev–Trinajstić information content (AvgIpc) is 3.26. The lowest BCUT2D eigenvalue weighted by molar-refractivity contribution is 0.0240. The van der Waals surface area contributed by atoms with Crippen molar-refractivity contribution < 1.29 is 19.1 Å². The third-order valence-electron chi connectivity index (χ3n) is 6.47. The van der Waals surface area contributed by atoms with E-state index in [4.69, 9.17) is 16.3 Å². The van der Waals surface area contributed by atoms with E-state index in [2.05, 4.69) is 20.2 Å². The van der Waals surface area contributed by atoms with Gasteiger partial charge in [-0.15, -0.1) is 0 Å². The highest BCUT2D eigenvalue weighted by molar-refractivity contribution is 6.32. The predicted molar refractivity (Wildman–Crippen MR) is 148 cm³/mol. The summed E-state index contributed by atoms with van der Waals surface area (Å²) >= 11 is 6.29. The fraction of sp³-hybridized carbons (Fsp3) is 0.321. The van der Waals surface area contributed by atoms with E-state index in [1.165, 1.54) is 4.90 Å². The van der Waals surface area contributed by atoms with Crippen molar-refractivity contribution >= 4 is 46.7 Å². The minimum absolute atomic E-state index is 0.159. The van der Waals surface area contributed by atoms with Crippen LogP contribution in [0.4, 0.5) is 22.0 Å². The molecular formula is C28H29ClN6O4. The van der Waals surface area contributed by atoms with E-state index in [-0.39, 0.29) is 24.2 Å². The summed E-state index contributed by atoms with van der Waals surface area (Å²) in [5, 5.41) is 3.43. The Morgan fingerprint density at radius 3 is 2.49 bits per heavy atom. The van der Waals surface area contributed by atoms with Crippen LogP contribution in [0.25, 0.3) is 0 Å². The molecule has 2 aliphatic heterocycles. The molecule has 0 atom stereocenters. The fourth-order valence-corrected chi connectivity index (χ4v) is 4.82. The molecular weight excluding hydrogens is 520 g/mol. The van der Waals surface area contributed by atoms with Gasteiger partial charge in [0.15, 0.2) is 0 Å². The number of ether oxygens (including phenoxy) is 1. The number of nitrogens with one attached hydrogen (secondary N) is 1. The lowest BCUT2D eigenvalue weighted by Crippen LogP contribution is -2.50. The molecule has 2 aromatic heterocycles. The Bertz CT molecular complexity index is 1430. The van der Waals surface area contributed by atoms with E-state index < -0.39 is 11.5 Å². The van der Waals surface area contributed by atoms with E-state index in [0.717, 1.165) is 11.3 Å². The highest BCUT2D eigenvalue weighted by Gasteiger charge is 2.31. The minimum Gasteiger partial charge on any atom is -0.444 e. The van der Waals surface area contributed by atoms with Gasteiger partial charge in [0.2, 0.25) is 0 Å². The molecule has 1 N–H and O–H groups in total. The second kappa shape index (κ2) is 10.5. The van der Waals surface area contributed by atoms with E-state index in [1.54, 1.807) is 53.7 Å². The highest BCUT2D eigenvalue weighted by atomic mass is 35.5. The molecule has 1 fully saturated rings. The van der Waals surface area contributed by atoms with Crippen molar-refractivity contribution in [3.8, 4) is 0 Å². The summed E-state index contributed by atoms with van der Waals surface area (Å²) in [6.45, 7) is 7.93. The van der Waals surface area contributed by atoms with Crippen LogP contribution in [0.2, 0.25) is 5.02 Å². The van der Waals surface area contributed by atoms with Gasteiger partial charge in [-0.1, -0.05) is 23.7 Å². The summed E-state index contributed by atoms with van der Waals surface area (Å²) in [4.78, 5) is 52.5. The maximum Gasteiger partial charge on any atom is 0.410 e. The number of nitrogens with zero attached hydrogens (tertiary/aromatic N) is 5. The molecule has 3 aromatic rings. The average molecular weight is 549 g/mol. The van der Waals surface area contributed by atoms with Crippen LogP contribution in [0.3, 0.4) is 0 Å². The van der Waals surface area contributed by atoms with Crippen LogP contribution in [0.1, 0.15) is 47.2 Å². The number of carbonyl (C=O) groups excluding carboxylic acids is 3. The molecule has 1 aromatic carbocycles. The normalized spacial score (nSPS) is 15.3. The van der Waals surface area contributed by atoms with Gasteiger partial charge in [-0.05, 0) is 51.1 Å². The van der Waals surface area contributed by atoms with Gasteiger partial charge in [-0.3, -0.25) is 19.5 Å². The second-order valence-electron chi connectivity index (χ2n) is 10.3. The molecule has 39 heavy (non-hydrogen) atoms. The number of piperazine rings is 1. The molecule has 0 bridgehead atoms. The summed E-state index contributed by atoms with van der Waals surface area (Å²) in [5.74, 6) is -0.275. The smallest absolute Gasteiger partial charge is 0.410 e. The number of hydrogen-bond acceptors (Lipinski definition) is 7. The Morgan fingerprint density at radius 1 is 1.03 bits per heavy atom. The van der Waals surface area contributed by atoms with Crippen LogP contribution in [0, 0.1) is 0 Å². The largest absolute Gasteiger partial charge is 0.444 e. The first-order valence-electron chi connectivity index (χ1n) is 12.7. The Kier molecular flexibility index (Phi) is 7.14. The van der Waals surface area contributed by atoms with Crippen LogP contribution in [-0.2, 0) is 11.3 Å².